The average molecular weight is 270 g/mol. The smallest absolute Gasteiger partial charge is 0.309 e. The van der Waals surface area contributed by atoms with Crippen LogP contribution in [-0.4, -0.2) is 18.4 Å². The largest absolute Gasteiger partial charge is 0.465 e. The lowest BCUT2D eigenvalue weighted by molar-refractivity contribution is -0.157. The minimum absolute atomic E-state index is 0.113. The van der Waals surface area contributed by atoms with Crippen LogP contribution in [-0.2, 0) is 14.3 Å². The third-order valence-corrected chi connectivity index (χ3v) is 3.37. The monoisotopic (exact) mass is 270 g/mol. The van der Waals surface area contributed by atoms with Crippen molar-refractivity contribution in [3.8, 4) is 0 Å². The quantitative estimate of drug-likeness (QED) is 0.631. The van der Waals surface area contributed by atoms with Gasteiger partial charge in [-0.3, -0.25) is 9.59 Å². The average Bonchev–Trinajstić information content (AvgIpc) is 2.30. The molecule has 0 aromatic heterocycles. The van der Waals surface area contributed by atoms with E-state index < -0.39 is 0 Å². The van der Waals surface area contributed by atoms with Gasteiger partial charge in [-0.15, -0.1) is 0 Å². The van der Waals surface area contributed by atoms with Crippen LogP contribution in [0.15, 0.2) is 0 Å². The van der Waals surface area contributed by atoms with Crippen molar-refractivity contribution in [1.29, 1.82) is 0 Å². The fourth-order valence-electron chi connectivity index (χ4n) is 2.40. The summed E-state index contributed by atoms with van der Waals surface area (Å²) in [7, 11) is 0. The maximum absolute atomic E-state index is 12.3. The summed E-state index contributed by atoms with van der Waals surface area (Å²) in [6.07, 6.45) is 0.476. The Hall–Kier alpha value is -0.860. The SMILES string of the molecule is CCC(=O)C(C(C)C)C(C(=O)OCC(C)C)C(C)C. The number of Topliss-reactive ketones (excluding diaryl/α,β-unsaturated/α-hetero) is 1. The van der Waals surface area contributed by atoms with Gasteiger partial charge in [0.2, 0.25) is 0 Å². The van der Waals surface area contributed by atoms with E-state index in [4.69, 9.17) is 4.74 Å². The maximum atomic E-state index is 12.3. The lowest BCUT2D eigenvalue weighted by atomic mass is 9.74. The van der Waals surface area contributed by atoms with Crippen molar-refractivity contribution >= 4 is 11.8 Å². The topological polar surface area (TPSA) is 43.4 Å². The van der Waals surface area contributed by atoms with Crippen LogP contribution in [0.1, 0.15) is 54.9 Å². The number of esters is 1. The second kappa shape index (κ2) is 8.34. The minimum atomic E-state index is -0.328. The van der Waals surface area contributed by atoms with Gasteiger partial charge in [0.15, 0.2) is 0 Å². The van der Waals surface area contributed by atoms with E-state index in [9.17, 15) is 9.59 Å². The predicted molar refractivity (Wildman–Crippen MR) is 77.8 cm³/mol. The molecule has 0 aromatic carbocycles. The van der Waals surface area contributed by atoms with Crippen molar-refractivity contribution in [3.63, 3.8) is 0 Å². The molecule has 0 aromatic rings. The van der Waals surface area contributed by atoms with E-state index in [2.05, 4.69) is 0 Å². The molecule has 2 unspecified atom stereocenters. The number of carbonyl (C=O) groups excluding carboxylic acids is 2. The van der Waals surface area contributed by atoms with Gasteiger partial charge >= 0.3 is 5.97 Å². The molecule has 112 valence electrons. The van der Waals surface area contributed by atoms with E-state index in [1.165, 1.54) is 0 Å². The third kappa shape index (κ3) is 5.75. The van der Waals surface area contributed by atoms with E-state index in [-0.39, 0.29) is 35.4 Å². The molecule has 19 heavy (non-hydrogen) atoms. The molecule has 0 aliphatic heterocycles. The molecule has 0 aliphatic rings. The molecule has 0 saturated carbocycles. The Morgan fingerprint density at radius 3 is 1.68 bits per heavy atom. The molecular weight excluding hydrogens is 240 g/mol. The Morgan fingerprint density at radius 1 is 0.895 bits per heavy atom. The minimum Gasteiger partial charge on any atom is -0.465 e. The molecule has 0 rings (SSSR count). The lowest BCUT2D eigenvalue weighted by Gasteiger charge is -2.30. The van der Waals surface area contributed by atoms with Crippen molar-refractivity contribution in [2.45, 2.75) is 54.9 Å². The summed E-state index contributed by atoms with van der Waals surface area (Å²) in [5.41, 5.74) is 0. The van der Waals surface area contributed by atoms with Crippen LogP contribution in [0.25, 0.3) is 0 Å². The Balaban J connectivity index is 5.04. The van der Waals surface area contributed by atoms with Gasteiger partial charge in [0.25, 0.3) is 0 Å². The van der Waals surface area contributed by atoms with Crippen molar-refractivity contribution < 1.29 is 14.3 Å². The number of hydrogen-bond acceptors (Lipinski definition) is 3. The summed E-state index contributed by atoms with van der Waals surface area (Å²) in [6, 6.07) is 0. The zero-order chi connectivity index (χ0) is 15.2. The summed E-state index contributed by atoms with van der Waals surface area (Å²) in [5, 5.41) is 0. The highest BCUT2D eigenvalue weighted by molar-refractivity contribution is 5.87. The van der Waals surface area contributed by atoms with Crippen LogP contribution in [0.2, 0.25) is 0 Å². The molecule has 0 fully saturated rings. The first-order valence-electron chi connectivity index (χ1n) is 7.41. The van der Waals surface area contributed by atoms with Crippen LogP contribution in [0.3, 0.4) is 0 Å². The van der Waals surface area contributed by atoms with Crippen molar-refractivity contribution in [2.24, 2.45) is 29.6 Å². The molecular formula is C16H30O3. The molecule has 0 N–H and O–H groups in total. The molecule has 0 spiro atoms. The van der Waals surface area contributed by atoms with E-state index >= 15 is 0 Å². The Kier molecular flexibility index (Phi) is 7.96. The normalized spacial score (nSPS) is 14.8. The molecule has 2 atom stereocenters. The number of ether oxygens (including phenoxy) is 1. The van der Waals surface area contributed by atoms with Crippen LogP contribution < -0.4 is 0 Å². The van der Waals surface area contributed by atoms with Gasteiger partial charge in [-0.2, -0.15) is 0 Å². The second-order valence-electron chi connectivity index (χ2n) is 6.38. The molecule has 0 saturated heterocycles. The molecule has 0 heterocycles. The number of carbonyl (C=O) groups is 2. The molecule has 0 radical (unpaired) electrons. The predicted octanol–water partition coefficient (Wildman–Crippen LogP) is 3.71. The first kappa shape index (κ1) is 18.1. The van der Waals surface area contributed by atoms with Crippen LogP contribution in [0, 0.1) is 29.6 Å². The zero-order valence-electron chi connectivity index (χ0n) is 13.5. The summed E-state index contributed by atoms with van der Waals surface area (Å²) in [6.45, 7) is 14.3. The molecule has 3 heteroatoms. The Bertz CT molecular complexity index is 292. The van der Waals surface area contributed by atoms with Crippen molar-refractivity contribution in [1.82, 2.24) is 0 Å². The number of ketones is 1. The van der Waals surface area contributed by atoms with Crippen LogP contribution in [0.5, 0.6) is 0 Å². The first-order chi connectivity index (χ1) is 8.72. The fourth-order valence-corrected chi connectivity index (χ4v) is 2.40. The van der Waals surface area contributed by atoms with E-state index in [0.717, 1.165) is 0 Å². The summed E-state index contributed by atoms with van der Waals surface area (Å²) in [5.74, 6) is -0.0274. The van der Waals surface area contributed by atoms with E-state index in [1.807, 2.05) is 48.5 Å². The molecule has 0 aliphatic carbocycles. The molecule has 0 amide bonds. The Morgan fingerprint density at radius 2 is 1.37 bits per heavy atom. The van der Waals surface area contributed by atoms with Gasteiger partial charge in [-0.1, -0.05) is 48.5 Å². The van der Waals surface area contributed by atoms with Gasteiger partial charge in [0.1, 0.15) is 5.78 Å². The standard InChI is InChI=1S/C16H30O3/c1-8-13(17)14(11(4)5)15(12(6)7)16(18)19-9-10(2)3/h10-12,14-15H,8-9H2,1-7H3. The van der Waals surface area contributed by atoms with Crippen LogP contribution in [0.4, 0.5) is 0 Å². The van der Waals surface area contributed by atoms with Gasteiger partial charge in [0.05, 0.1) is 12.5 Å². The molecule has 3 nitrogen and oxygen atoms in total. The summed E-state index contributed by atoms with van der Waals surface area (Å²) >= 11 is 0. The lowest BCUT2D eigenvalue weighted by Crippen LogP contribution is -2.38. The second-order valence-corrected chi connectivity index (χ2v) is 6.38. The highest BCUT2D eigenvalue weighted by Gasteiger charge is 2.38. The van der Waals surface area contributed by atoms with Crippen molar-refractivity contribution in [2.75, 3.05) is 6.61 Å². The maximum Gasteiger partial charge on any atom is 0.309 e. The Labute approximate surface area is 118 Å². The van der Waals surface area contributed by atoms with Gasteiger partial charge in [0, 0.05) is 12.3 Å². The molecule has 0 bridgehead atoms. The van der Waals surface area contributed by atoms with E-state index in [1.54, 1.807) is 0 Å². The highest BCUT2D eigenvalue weighted by Crippen LogP contribution is 2.30. The van der Waals surface area contributed by atoms with Gasteiger partial charge in [-0.25, -0.2) is 0 Å². The zero-order valence-corrected chi connectivity index (χ0v) is 13.5. The number of hydrogen-bond donors (Lipinski definition) is 0. The van der Waals surface area contributed by atoms with Crippen molar-refractivity contribution in [3.05, 3.63) is 0 Å². The summed E-state index contributed by atoms with van der Waals surface area (Å²) in [4.78, 5) is 24.4. The van der Waals surface area contributed by atoms with Crippen LogP contribution >= 0.6 is 0 Å². The van der Waals surface area contributed by atoms with E-state index in [0.29, 0.717) is 18.9 Å². The van der Waals surface area contributed by atoms with Gasteiger partial charge < -0.3 is 4.74 Å². The highest BCUT2D eigenvalue weighted by atomic mass is 16.5. The van der Waals surface area contributed by atoms with Gasteiger partial charge in [-0.05, 0) is 17.8 Å². The third-order valence-electron chi connectivity index (χ3n) is 3.37. The fraction of sp³-hybridized carbons (Fsp3) is 0.875. The number of rotatable bonds is 8. The first-order valence-corrected chi connectivity index (χ1v) is 7.41. The summed E-state index contributed by atoms with van der Waals surface area (Å²) < 4.78 is 5.36.